The summed E-state index contributed by atoms with van der Waals surface area (Å²) in [5.41, 5.74) is 6.35. The van der Waals surface area contributed by atoms with Crippen molar-refractivity contribution in [1.82, 2.24) is 9.97 Å². The first-order chi connectivity index (χ1) is 10.1. The third kappa shape index (κ3) is 2.95. The van der Waals surface area contributed by atoms with Crippen molar-refractivity contribution >= 4 is 23.1 Å². The Balaban J connectivity index is 1.68. The molecule has 1 aliphatic heterocycles. The van der Waals surface area contributed by atoms with Gasteiger partial charge in [0.25, 0.3) is 0 Å². The first kappa shape index (κ1) is 13.8. The minimum atomic E-state index is 0.0426. The Morgan fingerprint density at radius 2 is 2.19 bits per heavy atom. The second-order valence-corrected chi connectivity index (χ2v) is 5.12. The SMILES string of the molecule is CN1c2nc(Cl)ncc2OC[C@@H]1COc1ccc(N)cc1. The number of benzene rings is 1. The van der Waals surface area contributed by atoms with E-state index >= 15 is 0 Å². The smallest absolute Gasteiger partial charge is 0.224 e. The number of rotatable bonds is 3. The van der Waals surface area contributed by atoms with Crippen LogP contribution in [0.4, 0.5) is 11.5 Å². The van der Waals surface area contributed by atoms with Crippen LogP contribution in [-0.4, -0.2) is 36.3 Å². The van der Waals surface area contributed by atoms with Gasteiger partial charge in [-0.15, -0.1) is 0 Å². The molecular formula is C14H15ClN4O2. The fraction of sp³-hybridized carbons (Fsp3) is 0.286. The van der Waals surface area contributed by atoms with E-state index in [0.717, 1.165) is 5.75 Å². The minimum Gasteiger partial charge on any atom is -0.491 e. The quantitative estimate of drug-likeness (QED) is 0.690. The summed E-state index contributed by atoms with van der Waals surface area (Å²) in [5, 5.41) is 0.198. The summed E-state index contributed by atoms with van der Waals surface area (Å²) in [4.78, 5) is 10.1. The molecule has 21 heavy (non-hydrogen) atoms. The Labute approximate surface area is 127 Å². The Morgan fingerprint density at radius 3 is 2.95 bits per heavy atom. The molecule has 0 saturated heterocycles. The van der Waals surface area contributed by atoms with E-state index in [2.05, 4.69) is 9.97 Å². The van der Waals surface area contributed by atoms with E-state index in [-0.39, 0.29) is 11.3 Å². The lowest BCUT2D eigenvalue weighted by atomic mass is 10.2. The molecule has 110 valence electrons. The number of hydrogen-bond acceptors (Lipinski definition) is 6. The van der Waals surface area contributed by atoms with Crippen molar-refractivity contribution in [1.29, 1.82) is 0 Å². The van der Waals surface area contributed by atoms with Crippen LogP contribution in [0.15, 0.2) is 30.5 Å². The van der Waals surface area contributed by atoms with Gasteiger partial charge < -0.3 is 20.1 Å². The van der Waals surface area contributed by atoms with Gasteiger partial charge in [-0.1, -0.05) is 0 Å². The van der Waals surface area contributed by atoms with Gasteiger partial charge in [0.2, 0.25) is 5.28 Å². The van der Waals surface area contributed by atoms with Crippen LogP contribution in [0.1, 0.15) is 0 Å². The molecule has 1 atom stereocenters. The van der Waals surface area contributed by atoms with Crippen LogP contribution in [0.5, 0.6) is 11.5 Å². The van der Waals surface area contributed by atoms with Crippen LogP contribution in [-0.2, 0) is 0 Å². The second-order valence-electron chi connectivity index (χ2n) is 4.78. The number of hydrogen-bond donors (Lipinski definition) is 1. The van der Waals surface area contributed by atoms with Gasteiger partial charge >= 0.3 is 0 Å². The van der Waals surface area contributed by atoms with Crippen LogP contribution in [0.3, 0.4) is 0 Å². The fourth-order valence-electron chi connectivity index (χ4n) is 2.08. The van der Waals surface area contributed by atoms with Gasteiger partial charge in [0, 0.05) is 12.7 Å². The third-order valence-electron chi connectivity index (χ3n) is 3.34. The van der Waals surface area contributed by atoms with Crippen LogP contribution in [0.2, 0.25) is 5.28 Å². The number of nitrogens with zero attached hydrogens (tertiary/aromatic N) is 3. The number of anilines is 2. The lowest BCUT2D eigenvalue weighted by Crippen LogP contribution is -2.44. The number of nitrogens with two attached hydrogens (primary N) is 1. The maximum atomic E-state index is 5.83. The molecule has 0 unspecified atom stereocenters. The first-order valence-electron chi connectivity index (χ1n) is 6.50. The zero-order valence-electron chi connectivity index (χ0n) is 11.5. The molecule has 6 nitrogen and oxygen atoms in total. The van der Waals surface area contributed by atoms with E-state index in [1.54, 1.807) is 18.3 Å². The monoisotopic (exact) mass is 306 g/mol. The van der Waals surface area contributed by atoms with Gasteiger partial charge in [0.05, 0.1) is 12.2 Å². The lowest BCUT2D eigenvalue weighted by molar-refractivity contribution is 0.202. The Hall–Kier alpha value is -2.21. The van der Waals surface area contributed by atoms with Crippen LogP contribution in [0.25, 0.3) is 0 Å². The van der Waals surface area contributed by atoms with Crippen LogP contribution >= 0.6 is 11.6 Å². The zero-order chi connectivity index (χ0) is 14.8. The molecule has 1 aliphatic rings. The average molecular weight is 307 g/mol. The van der Waals surface area contributed by atoms with Gasteiger partial charge in [-0.3, -0.25) is 0 Å². The summed E-state index contributed by atoms with van der Waals surface area (Å²) in [6.07, 6.45) is 1.58. The zero-order valence-corrected chi connectivity index (χ0v) is 12.2. The molecule has 0 saturated carbocycles. The van der Waals surface area contributed by atoms with Gasteiger partial charge in [0.15, 0.2) is 11.6 Å². The van der Waals surface area contributed by atoms with Crippen molar-refractivity contribution in [2.24, 2.45) is 0 Å². The standard InChI is InChI=1S/C14H15ClN4O2/c1-19-10(7-20-11-4-2-9(16)3-5-11)8-21-12-6-17-14(15)18-13(12)19/h2-6,10H,7-8,16H2,1H3/t10-/m0/s1. The predicted molar refractivity (Wildman–Crippen MR) is 81.1 cm³/mol. The number of nitrogen functional groups attached to an aromatic ring is 1. The van der Waals surface area contributed by atoms with Crippen molar-refractivity contribution in [2.75, 3.05) is 30.9 Å². The van der Waals surface area contributed by atoms with Gasteiger partial charge in [0.1, 0.15) is 19.0 Å². The van der Waals surface area contributed by atoms with Gasteiger partial charge in [-0.2, -0.15) is 4.98 Å². The summed E-state index contributed by atoms with van der Waals surface area (Å²) in [5.74, 6) is 2.07. The summed E-state index contributed by atoms with van der Waals surface area (Å²) in [7, 11) is 1.93. The fourth-order valence-corrected chi connectivity index (χ4v) is 2.21. The van der Waals surface area contributed by atoms with Crippen LogP contribution in [0, 0.1) is 0 Å². The Kier molecular flexibility index (Phi) is 3.70. The number of fused-ring (bicyclic) bond motifs is 1. The number of aromatic nitrogens is 2. The Morgan fingerprint density at radius 1 is 1.43 bits per heavy atom. The van der Waals surface area contributed by atoms with Crippen molar-refractivity contribution in [3.05, 3.63) is 35.7 Å². The molecular weight excluding hydrogens is 292 g/mol. The normalized spacial score (nSPS) is 17.0. The molecule has 3 rings (SSSR count). The lowest BCUT2D eigenvalue weighted by Gasteiger charge is -2.34. The number of halogens is 1. The summed E-state index contributed by atoms with van der Waals surface area (Å²) < 4.78 is 11.4. The van der Waals surface area contributed by atoms with E-state index in [9.17, 15) is 0 Å². The molecule has 2 heterocycles. The number of ether oxygens (including phenoxy) is 2. The minimum absolute atomic E-state index is 0.0426. The summed E-state index contributed by atoms with van der Waals surface area (Å²) >= 11 is 5.83. The van der Waals surface area contributed by atoms with Gasteiger partial charge in [-0.25, -0.2) is 4.98 Å². The van der Waals surface area contributed by atoms with Crippen molar-refractivity contribution in [2.45, 2.75) is 6.04 Å². The molecule has 0 fully saturated rings. The third-order valence-corrected chi connectivity index (χ3v) is 3.52. The maximum Gasteiger partial charge on any atom is 0.224 e. The molecule has 7 heteroatoms. The predicted octanol–water partition coefficient (Wildman–Crippen LogP) is 1.99. The van der Waals surface area contributed by atoms with E-state index in [1.807, 2.05) is 24.1 Å². The van der Waals surface area contributed by atoms with E-state index < -0.39 is 0 Å². The topological polar surface area (TPSA) is 73.5 Å². The Bertz CT molecular complexity index is 635. The highest BCUT2D eigenvalue weighted by atomic mass is 35.5. The van der Waals surface area contributed by atoms with Gasteiger partial charge in [-0.05, 0) is 35.9 Å². The van der Waals surface area contributed by atoms with Crippen molar-refractivity contribution in [3.8, 4) is 11.5 Å². The van der Waals surface area contributed by atoms with Crippen molar-refractivity contribution < 1.29 is 9.47 Å². The first-order valence-corrected chi connectivity index (χ1v) is 6.88. The molecule has 0 aliphatic carbocycles. The molecule has 2 N–H and O–H groups in total. The van der Waals surface area contributed by atoms with Crippen molar-refractivity contribution in [3.63, 3.8) is 0 Å². The average Bonchev–Trinajstić information content (AvgIpc) is 2.49. The summed E-state index contributed by atoms with van der Waals surface area (Å²) in [6, 6.07) is 7.33. The van der Waals surface area contributed by atoms with E-state index in [0.29, 0.717) is 30.5 Å². The highest BCUT2D eigenvalue weighted by molar-refractivity contribution is 6.28. The van der Waals surface area contributed by atoms with Crippen LogP contribution < -0.4 is 20.1 Å². The second kappa shape index (κ2) is 5.65. The molecule has 0 radical (unpaired) electrons. The molecule has 1 aromatic carbocycles. The number of likely N-dealkylation sites (N-methyl/N-ethyl adjacent to an activating group) is 1. The largest absolute Gasteiger partial charge is 0.491 e. The molecule has 1 aromatic heterocycles. The highest BCUT2D eigenvalue weighted by Gasteiger charge is 2.27. The molecule has 0 spiro atoms. The molecule has 2 aromatic rings. The van der Waals surface area contributed by atoms with E-state index in [1.165, 1.54) is 0 Å². The maximum absolute atomic E-state index is 5.83. The summed E-state index contributed by atoms with van der Waals surface area (Å²) in [6.45, 7) is 0.977. The molecule has 0 amide bonds. The molecule has 0 bridgehead atoms. The van der Waals surface area contributed by atoms with E-state index in [4.69, 9.17) is 26.8 Å². The highest BCUT2D eigenvalue weighted by Crippen LogP contribution is 2.31.